The van der Waals surface area contributed by atoms with Crippen molar-refractivity contribution >= 4 is 15.9 Å². The zero-order valence-corrected chi connectivity index (χ0v) is 9.89. The van der Waals surface area contributed by atoms with Gasteiger partial charge < -0.3 is 4.74 Å². The number of ether oxygens (including phenoxy) is 1. The molecule has 0 aliphatic rings. The number of halogens is 1. The summed E-state index contributed by atoms with van der Waals surface area (Å²) in [5.74, 6) is 0.716. The molecule has 2 rings (SSSR count). The fourth-order valence-corrected chi connectivity index (χ4v) is 1.34. The number of tetrazole rings is 1. The van der Waals surface area contributed by atoms with Crippen LogP contribution in [0.1, 0.15) is 5.56 Å². The summed E-state index contributed by atoms with van der Waals surface area (Å²) in [7, 11) is 1.72. The minimum atomic E-state index is 0.372. The first kappa shape index (κ1) is 10.1. The number of nitrogens with zero attached hydrogens (tertiary/aromatic N) is 4. The molecule has 1 aromatic heterocycles. The van der Waals surface area contributed by atoms with E-state index < -0.39 is 0 Å². The number of aromatic nitrogens is 4. The molecule has 2 aromatic rings. The van der Waals surface area contributed by atoms with Crippen LogP contribution >= 0.6 is 15.9 Å². The average Bonchev–Trinajstić information content (AvgIpc) is 2.59. The molecule has 0 aliphatic carbocycles. The normalized spacial score (nSPS) is 10.3. The second-order valence-electron chi connectivity index (χ2n) is 3.10. The predicted octanol–water partition coefficient (Wildman–Crippen LogP) is 2.07. The van der Waals surface area contributed by atoms with Crippen LogP contribution in [0.3, 0.4) is 0 Å². The summed E-state index contributed by atoms with van der Waals surface area (Å²) < 4.78 is 8.01. The molecule has 0 N–H and O–H groups in total. The molecular formula is C9H9BrN4O. The van der Waals surface area contributed by atoms with Crippen LogP contribution in [0.2, 0.25) is 0 Å². The Morgan fingerprint density at radius 3 is 2.80 bits per heavy atom. The van der Waals surface area contributed by atoms with Gasteiger partial charge in [-0.2, -0.15) is 4.68 Å². The first-order valence-corrected chi connectivity index (χ1v) is 5.12. The van der Waals surface area contributed by atoms with E-state index in [4.69, 9.17) is 4.74 Å². The van der Waals surface area contributed by atoms with Gasteiger partial charge in [0.15, 0.2) is 0 Å². The van der Waals surface area contributed by atoms with Crippen LogP contribution < -0.4 is 4.74 Å². The molecule has 0 aliphatic heterocycles. The number of hydrogen-bond donors (Lipinski definition) is 0. The lowest BCUT2D eigenvalue weighted by atomic mass is 10.2. The maximum absolute atomic E-state index is 5.49. The van der Waals surface area contributed by atoms with Gasteiger partial charge in [0.05, 0.1) is 0 Å². The van der Waals surface area contributed by atoms with Gasteiger partial charge in [-0.1, -0.05) is 21.0 Å². The number of aryl methyl sites for hydroxylation is 2. The SMILES string of the molecule is Cc1cc(Oc2nnnn2C)ccc1Br. The van der Waals surface area contributed by atoms with Gasteiger partial charge in [-0.15, -0.1) is 0 Å². The van der Waals surface area contributed by atoms with Gasteiger partial charge >= 0.3 is 6.01 Å². The van der Waals surface area contributed by atoms with Gasteiger partial charge in [0.25, 0.3) is 0 Å². The molecule has 0 amide bonds. The minimum absolute atomic E-state index is 0.372. The van der Waals surface area contributed by atoms with Gasteiger partial charge in [0.2, 0.25) is 0 Å². The van der Waals surface area contributed by atoms with Crippen molar-refractivity contribution in [3.05, 3.63) is 28.2 Å². The topological polar surface area (TPSA) is 52.8 Å². The molecule has 0 saturated heterocycles. The summed E-state index contributed by atoms with van der Waals surface area (Å²) in [6.45, 7) is 1.99. The molecule has 0 bridgehead atoms. The second kappa shape index (κ2) is 3.98. The third-order valence-corrected chi connectivity index (χ3v) is 2.81. The summed E-state index contributed by atoms with van der Waals surface area (Å²) in [5.41, 5.74) is 1.10. The van der Waals surface area contributed by atoms with E-state index in [0.29, 0.717) is 11.8 Å². The van der Waals surface area contributed by atoms with Crippen molar-refractivity contribution in [2.45, 2.75) is 6.92 Å². The molecule has 0 fully saturated rings. The van der Waals surface area contributed by atoms with E-state index in [9.17, 15) is 0 Å². The standard InChI is InChI=1S/C9H9BrN4O/c1-6-5-7(3-4-8(6)10)15-9-11-12-13-14(9)2/h3-5H,1-2H3. The molecular weight excluding hydrogens is 260 g/mol. The maximum atomic E-state index is 5.49. The van der Waals surface area contributed by atoms with E-state index in [0.717, 1.165) is 10.0 Å². The minimum Gasteiger partial charge on any atom is -0.423 e. The summed E-state index contributed by atoms with van der Waals surface area (Å²) in [5, 5.41) is 10.9. The smallest absolute Gasteiger partial charge is 0.340 e. The maximum Gasteiger partial charge on any atom is 0.340 e. The highest BCUT2D eigenvalue weighted by atomic mass is 79.9. The Morgan fingerprint density at radius 2 is 2.20 bits per heavy atom. The zero-order chi connectivity index (χ0) is 10.8. The van der Waals surface area contributed by atoms with E-state index in [1.54, 1.807) is 7.05 Å². The fourth-order valence-electron chi connectivity index (χ4n) is 1.09. The van der Waals surface area contributed by atoms with Crippen LogP contribution in [-0.2, 0) is 7.05 Å². The third kappa shape index (κ3) is 2.15. The van der Waals surface area contributed by atoms with E-state index >= 15 is 0 Å². The molecule has 0 saturated carbocycles. The van der Waals surface area contributed by atoms with Gasteiger partial charge in [0, 0.05) is 11.5 Å². The summed E-state index contributed by atoms with van der Waals surface area (Å²) in [4.78, 5) is 0. The molecule has 0 atom stereocenters. The van der Waals surface area contributed by atoms with Crippen molar-refractivity contribution in [3.63, 3.8) is 0 Å². The van der Waals surface area contributed by atoms with Crippen molar-refractivity contribution < 1.29 is 4.74 Å². The molecule has 0 radical (unpaired) electrons. The Kier molecular flexibility index (Phi) is 2.68. The Labute approximate surface area is 95.2 Å². The fraction of sp³-hybridized carbons (Fsp3) is 0.222. The van der Waals surface area contributed by atoms with Gasteiger partial charge in [-0.05, 0) is 41.1 Å². The lowest BCUT2D eigenvalue weighted by molar-refractivity contribution is 0.414. The van der Waals surface area contributed by atoms with Crippen molar-refractivity contribution in [1.29, 1.82) is 0 Å². The van der Waals surface area contributed by atoms with E-state index in [1.807, 2.05) is 25.1 Å². The van der Waals surface area contributed by atoms with Crippen molar-refractivity contribution in [3.8, 4) is 11.8 Å². The second-order valence-corrected chi connectivity index (χ2v) is 3.95. The van der Waals surface area contributed by atoms with Crippen molar-refractivity contribution in [2.75, 3.05) is 0 Å². The molecule has 0 spiro atoms. The van der Waals surface area contributed by atoms with Crippen molar-refractivity contribution in [2.24, 2.45) is 7.05 Å². The number of benzene rings is 1. The van der Waals surface area contributed by atoms with E-state index in [1.165, 1.54) is 4.68 Å². The van der Waals surface area contributed by atoms with Gasteiger partial charge in [0.1, 0.15) is 5.75 Å². The summed E-state index contributed by atoms with van der Waals surface area (Å²) in [6.07, 6.45) is 0. The van der Waals surface area contributed by atoms with Crippen LogP contribution in [-0.4, -0.2) is 20.2 Å². The van der Waals surface area contributed by atoms with Gasteiger partial charge in [-0.3, -0.25) is 0 Å². The largest absolute Gasteiger partial charge is 0.423 e. The molecule has 1 heterocycles. The predicted molar refractivity (Wildman–Crippen MR) is 57.8 cm³/mol. The van der Waals surface area contributed by atoms with Crippen LogP contribution in [0.25, 0.3) is 0 Å². The molecule has 0 unspecified atom stereocenters. The third-order valence-electron chi connectivity index (χ3n) is 1.92. The van der Waals surface area contributed by atoms with Crippen molar-refractivity contribution in [1.82, 2.24) is 20.2 Å². The zero-order valence-electron chi connectivity index (χ0n) is 8.31. The van der Waals surface area contributed by atoms with Crippen LogP contribution in [0, 0.1) is 6.92 Å². The van der Waals surface area contributed by atoms with E-state index in [-0.39, 0.29) is 0 Å². The first-order chi connectivity index (χ1) is 7.16. The van der Waals surface area contributed by atoms with Crippen LogP contribution in [0.4, 0.5) is 0 Å². The lowest BCUT2D eigenvalue weighted by Crippen LogP contribution is -1.96. The van der Waals surface area contributed by atoms with Gasteiger partial charge in [-0.25, -0.2) is 0 Å². The number of rotatable bonds is 2. The Morgan fingerprint density at radius 1 is 1.40 bits per heavy atom. The molecule has 6 heteroatoms. The van der Waals surface area contributed by atoms with Crippen LogP contribution in [0.15, 0.2) is 22.7 Å². The number of hydrogen-bond acceptors (Lipinski definition) is 4. The van der Waals surface area contributed by atoms with Crippen LogP contribution in [0.5, 0.6) is 11.8 Å². The molecule has 78 valence electrons. The Bertz CT molecular complexity index is 483. The molecule has 5 nitrogen and oxygen atoms in total. The van der Waals surface area contributed by atoms with E-state index in [2.05, 4.69) is 31.5 Å². The Balaban J connectivity index is 2.25. The first-order valence-electron chi connectivity index (χ1n) is 4.33. The molecule has 15 heavy (non-hydrogen) atoms. The highest BCUT2D eigenvalue weighted by Gasteiger charge is 2.05. The Hall–Kier alpha value is -1.43. The highest BCUT2D eigenvalue weighted by molar-refractivity contribution is 9.10. The summed E-state index contributed by atoms with van der Waals surface area (Å²) >= 11 is 3.42. The molecule has 1 aromatic carbocycles. The highest BCUT2D eigenvalue weighted by Crippen LogP contribution is 2.24. The lowest BCUT2D eigenvalue weighted by Gasteiger charge is -2.04. The quantitative estimate of drug-likeness (QED) is 0.837. The average molecular weight is 269 g/mol. The summed E-state index contributed by atoms with van der Waals surface area (Å²) in [6, 6.07) is 6.07. The monoisotopic (exact) mass is 268 g/mol.